The standard InChI is InChI=1S/C11H23N3O2/c1-11(2)8-13(3)10(15)9(7-12)14(11)5-6-16-4/h9H,5-8,12H2,1-4H3. The fourth-order valence-electron chi connectivity index (χ4n) is 2.43. The molecule has 5 heteroatoms. The molecule has 0 aromatic heterocycles. The number of nitrogens with two attached hydrogens (primary N) is 1. The molecule has 0 radical (unpaired) electrons. The van der Waals surface area contributed by atoms with Crippen molar-refractivity contribution in [2.24, 2.45) is 5.73 Å². The van der Waals surface area contributed by atoms with Crippen LogP contribution in [0.15, 0.2) is 0 Å². The molecule has 2 N–H and O–H groups in total. The summed E-state index contributed by atoms with van der Waals surface area (Å²) >= 11 is 0. The van der Waals surface area contributed by atoms with Gasteiger partial charge in [-0.3, -0.25) is 9.69 Å². The Bertz CT molecular complexity index is 256. The monoisotopic (exact) mass is 229 g/mol. The van der Waals surface area contributed by atoms with Crippen molar-refractivity contribution in [1.82, 2.24) is 9.80 Å². The van der Waals surface area contributed by atoms with Gasteiger partial charge in [-0.05, 0) is 13.8 Å². The number of carbonyl (C=O) groups is 1. The maximum Gasteiger partial charge on any atom is 0.241 e. The lowest BCUT2D eigenvalue weighted by Gasteiger charge is -2.49. The van der Waals surface area contributed by atoms with Crippen LogP contribution in [0.3, 0.4) is 0 Å². The fraction of sp³-hybridized carbons (Fsp3) is 0.909. The molecule has 1 aliphatic heterocycles. The Morgan fingerprint density at radius 2 is 2.19 bits per heavy atom. The summed E-state index contributed by atoms with van der Waals surface area (Å²) in [4.78, 5) is 15.9. The van der Waals surface area contributed by atoms with Gasteiger partial charge in [0.1, 0.15) is 6.04 Å². The molecule has 0 bridgehead atoms. The second-order valence-corrected chi connectivity index (χ2v) is 4.94. The Labute approximate surface area is 97.5 Å². The van der Waals surface area contributed by atoms with Crippen molar-refractivity contribution in [2.45, 2.75) is 25.4 Å². The van der Waals surface area contributed by atoms with E-state index in [4.69, 9.17) is 10.5 Å². The lowest BCUT2D eigenvalue weighted by Crippen LogP contribution is -2.67. The van der Waals surface area contributed by atoms with E-state index < -0.39 is 0 Å². The van der Waals surface area contributed by atoms with Crippen LogP contribution >= 0.6 is 0 Å². The zero-order valence-corrected chi connectivity index (χ0v) is 10.7. The number of likely N-dealkylation sites (N-methyl/N-ethyl adjacent to an activating group) is 1. The fourth-order valence-corrected chi connectivity index (χ4v) is 2.43. The van der Waals surface area contributed by atoms with Gasteiger partial charge in [0.2, 0.25) is 5.91 Å². The number of hydrogen-bond acceptors (Lipinski definition) is 4. The van der Waals surface area contributed by atoms with E-state index >= 15 is 0 Å². The summed E-state index contributed by atoms with van der Waals surface area (Å²) in [6.45, 7) is 6.72. The van der Waals surface area contributed by atoms with E-state index in [0.717, 1.165) is 13.1 Å². The Balaban J connectivity index is 2.84. The average molecular weight is 229 g/mol. The highest BCUT2D eigenvalue weighted by Gasteiger charge is 2.42. The lowest BCUT2D eigenvalue weighted by atomic mass is 9.94. The largest absolute Gasteiger partial charge is 0.383 e. The van der Waals surface area contributed by atoms with Crippen LogP contribution < -0.4 is 5.73 Å². The first-order chi connectivity index (χ1) is 7.44. The molecule has 1 fully saturated rings. The Morgan fingerprint density at radius 1 is 1.56 bits per heavy atom. The molecule has 0 aromatic carbocycles. The molecule has 0 spiro atoms. The van der Waals surface area contributed by atoms with Crippen LogP contribution in [0.4, 0.5) is 0 Å². The van der Waals surface area contributed by atoms with Gasteiger partial charge in [0.15, 0.2) is 0 Å². The van der Waals surface area contributed by atoms with Crippen molar-refractivity contribution in [3.63, 3.8) is 0 Å². The number of rotatable bonds is 4. The van der Waals surface area contributed by atoms with Gasteiger partial charge in [-0.15, -0.1) is 0 Å². The number of ether oxygens (including phenoxy) is 1. The molecule has 0 aromatic rings. The normalized spacial score (nSPS) is 26.2. The molecule has 94 valence electrons. The van der Waals surface area contributed by atoms with Crippen LogP contribution in [0.1, 0.15) is 13.8 Å². The summed E-state index contributed by atoms with van der Waals surface area (Å²) in [7, 11) is 3.50. The maximum absolute atomic E-state index is 12.0. The number of carbonyl (C=O) groups excluding carboxylic acids is 1. The van der Waals surface area contributed by atoms with E-state index in [1.807, 2.05) is 7.05 Å². The molecule has 1 heterocycles. The summed E-state index contributed by atoms with van der Waals surface area (Å²) in [6, 6.07) is -0.219. The molecule has 5 nitrogen and oxygen atoms in total. The first-order valence-corrected chi connectivity index (χ1v) is 5.64. The number of hydrogen-bond donors (Lipinski definition) is 1. The van der Waals surface area contributed by atoms with Crippen LogP contribution in [0.2, 0.25) is 0 Å². The molecule has 0 aliphatic carbocycles. The molecule has 1 amide bonds. The van der Waals surface area contributed by atoms with E-state index in [1.165, 1.54) is 0 Å². The predicted molar refractivity (Wildman–Crippen MR) is 63.1 cm³/mol. The third kappa shape index (κ3) is 2.53. The topological polar surface area (TPSA) is 58.8 Å². The van der Waals surface area contributed by atoms with Crippen LogP contribution in [0.25, 0.3) is 0 Å². The van der Waals surface area contributed by atoms with E-state index in [2.05, 4.69) is 18.7 Å². The number of methoxy groups -OCH3 is 1. The quantitative estimate of drug-likeness (QED) is 0.707. The van der Waals surface area contributed by atoms with E-state index in [0.29, 0.717) is 13.2 Å². The Kier molecular flexibility index (Phi) is 4.29. The molecule has 1 aliphatic rings. The van der Waals surface area contributed by atoms with Gasteiger partial charge in [0.25, 0.3) is 0 Å². The van der Waals surface area contributed by atoms with Gasteiger partial charge in [-0.1, -0.05) is 0 Å². The molecule has 1 unspecified atom stereocenters. The van der Waals surface area contributed by atoms with Crippen molar-refractivity contribution < 1.29 is 9.53 Å². The average Bonchev–Trinajstić information content (AvgIpc) is 2.20. The Hall–Kier alpha value is -0.650. The van der Waals surface area contributed by atoms with Crippen LogP contribution in [-0.4, -0.2) is 67.7 Å². The molecule has 1 saturated heterocycles. The van der Waals surface area contributed by atoms with Crippen LogP contribution in [-0.2, 0) is 9.53 Å². The van der Waals surface area contributed by atoms with Crippen molar-refractivity contribution in [3.8, 4) is 0 Å². The SMILES string of the molecule is COCCN1C(CN)C(=O)N(C)CC1(C)C. The van der Waals surface area contributed by atoms with Gasteiger partial charge in [-0.2, -0.15) is 0 Å². The third-order valence-electron chi connectivity index (χ3n) is 3.20. The minimum atomic E-state index is -0.219. The predicted octanol–water partition coefficient (Wildman–Crippen LogP) is -0.487. The number of amides is 1. The highest BCUT2D eigenvalue weighted by molar-refractivity contribution is 5.83. The van der Waals surface area contributed by atoms with Crippen LogP contribution in [0.5, 0.6) is 0 Å². The van der Waals surface area contributed by atoms with Gasteiger partial charge >= 0.3 is 0 Å². The molecule has 0 saturated carbocycles. The molecule has 16 heavy (non-hydrogen) atoms. The maximum atomic E-state index is 12.0. The Morgan fingerprint density at radius 3 is 2.69 bits per heavy atom. The van der Waals surface area contributed by atoms with Gasteiger partial charge < -0.3 is 15.4 Å². The second kappa shape index (κ2) is 5.12. The second-order valence-electron chi connectivity index (χ2n) is 4.94. The number of nitrogens with zero attached hydrogens (tertiary/aromatic N) is 2. The molecular formula is C11H23N3O2. The first-order valence-electron chi connectivity index (χ1n) is 5.64. The lowest BCUT2D eigenvalue weighted by molar-refractivity contribution is -0.148. The van der Waals surface area contributed by atoms with Gasteiger partial charge in [0, 0.05) is 39.3 Å². The minimum absolute atomic E-state index is 0.0504. The van der Waals surface area contributed by atoms with Crippen molar-refractivity contribution >= 4 is 5.91 Å². The summed E-state index contributed by atoms with van der Waals surface area (Å²) < 4.78 is 5.09. The zero-order chi connectivity index (χ0) is 12.3. The molecule has 1 atom stereocenters. The summed E-state index contributed by atoms with van der Waals surface area (Å²) in [5.41, 5.74) is 5.66. The molecule has 1 rings (SSSR count). The van der Waals surface area contributed by atoms with Gasteiger partial charge in [0.05, 0.1) is 6.61 Å². The van der Waals surface area contributed by atoms with E-state index in [9.17, 15) is 4.79 Å². The number of piperazine rings is 1. The summed E-state index contributed by atoms with van der Waals surface area (Å²) in [5, 5.41) is 0. The van der Waals surface area contributed by atoms with Crippen molar-refractivity contribution in [3.05, 3.63) is 0 Å². The van der Waals surface area contributed by atoms with Crippen molar-refractivity contribution in [1.29, 1.82) is 0 Å². The van der Waals surface area contributed by atoms with Crippen LogP contribution in [0, 0.1) is 0 Å². The highest BCUT2D eigenvalue weighted by Crippen LogP contribution is 2.24. The minimum Gasteiger partial charge on any atom is -0.383 e. The summed E-state index contributed by atoms with van der Waals surface area (Å²) in [6.07, 6.45) is 0. The third-order valence-corrected chi connectivity index (χ3v) is 3.20. The van der Waals surface area contributed by atoms with E-state index in [1.54, 1.807) is 12.0 Å². The smallest absolute Gasteiger partial charge is 0.241 e. The highest BCUT2D eigenvalue weighted by atomic mass is 16.5. The zero-order valence-electron chi connectivity index (χ0n) is 10.7. The molecular weight excluding hydrogens is 206 g/mol. The van der Waals surface area contributed by atoms with Crippen molar-refractivity contribution in [2.75, 3.05) is 40.4 Å². The summed E-state index contributed by atoms with van der Waals surface area (Å²) in [5.74, 6) is 0.109. The first kappa shape index (κ1) is 13.4. The van der Waals surface area contributed by atoms with E-state index in [-0.39, 0.29) is 17.5 Å². The van der Waals surface area contributed by atoms with Gasteiger partial charge in [-0.25, -0.2) is 0 Å².